The van der Waals surface area contributed by atoms with Crippen LogP contribution >= 0.6 is 0 Å². The van der Waals surface area contributed by atoms with Crippen LogP contribution in [0.3, 0.4) is 0 Å². The van der Waals surface area contributed by atoms with Crippen LogP contribution in [0.2, 0.25) is 0 Å². The lowest BCUT2D eigenvalue weighted by Gasteiger charge is -2.01. The summed E-state index contributed by atoms with van der Waals surface area (Å²) in [4.78, 5) is 4.10. The normalized spacial score (nSPS) is 12.2. The van der Waals surface area contributed by atoms with Crippen molar-refractivity contribution in [1.29, 1.82) is 0 Å². The van der Waals surface area contributed by atoms with Crippen LogP contribution in [0, 0.1) is 13.8 Å². The van der Waals surface area contributed by atoms with Gasteiger partial charge in [-0.1, -0.05) is 0 Å². The highest BCUT2D eigenvalue weighted by Gasteiger charge is 2.03. The summed E-state index contributed by atoms with van der Waals surface area (Å²) in [6, 6.07) is 4.25. The first-order valence-electron chi connectivity index (χ1n) is 3.68. The van der Waals surface area contributed by atoms with E-state index in [2.05, 4.69) is 36.8 Å². The van der Waals surface area contributed by atoms with Crippen molar-refractivity contribution in [2.75, 3.05) is 0 Å². The zero-order valence-corrected chi connectivity index (χ0v) is 6.68. The summed E-state index contributed by atoms with van der Waals surface area (Å²) in [5.41, 5.74) is 4.85. The Hall–Kier alpha value is -1.33. The molecule has 0 amide bonds. The van der Waals surface area contributed by atoms with E-state index in [9.17, 15) is 0 Å². The van der Waals surface area contributed by atoms with Gasteiger partial charge in [0, 0.05) is 11.6 Å². The zero-order chi connectivity index (χ0) is 7.84. The van der Waals surface area contributed by atoms with E-state index in [1.807, 2.05) is 6.08 Å². The zero-order valence-electron chi connectivity index (χ0n) is 6.68. The van der Waals surface area contributed by atoms with Crippen molar-refractivity contribution in [3.63, 3.8) is 0 Å². The Morgan fingerprint density at radius 3 is 2.73 bits per heavy atom. The van der Waals surface area contributed by atoms with Crippen LogP contribution in [0.15, 0.2) is 17.1 Å². The van der Waals surface area contributed by atoms with E-state index in [4.69, 9.17) is 0 Å². The van der Waals surface area contributed by atoms with Gasteiger partial charge in [0.15, 0.2) is 0 Å². The van der Waals surface area contributed by atoms with E-state index < -0.39 is 0 Å². The van der Waals surface area contributed by atoms with Crippen molar-refractivity contribution >= 4 is 17.6 Å². The van der Waals surface area contributed by atoms with Gasteiger partial charge < -0.3 is 0 Å². The second-order valence-corrected chi connectivity index (χ2v) is 2.88. The van der Waals surface area contributed by atoms with Crippen LogP contribution in [-0.4, -0.2) is 5.87 Å². The lowest BCUT2D eigenvalue weighted by Crippen LogP contribution is -1.81. The Morgan fingerprint density at radius 1 is 1.18 bits per heavy atom. The second kappa shape index (κ2) is 2.08. The van der Waals surface area contributed by atoms with Gasteiger partial charge in [-0.2, -0.15) is 0 Å². The maximum absolute atomic E-state index is 4.10. The molecular weight excluding hydrogens is 134 g/mol. The number of rotatable bonds is 0. The fourth-order valence-corrected chi connectivity index (χ4v) is 1.21. The molecular formula is C10H9N. The van der Waals surface area contributed by atoms with Crippen LogP contribution in [0.5, 0.6) is 0 Å². The predicted molar refractivity (Wildman–Crippen MR) is 47.5 cm³/mol. The first kappa shape index (κ1) is 6.38. The first-order chi connectivity index (χ1) is 5.27. The minimum absolute atomic E-state index is 1.05. The smallest absolute Gasteiger partial charge is 0.0811 e. The van der Waals surface area contributed by atoms with Crippen molar-refractivity contribution in [2.45, 2.75) is 13.8 Å². The molecule has 1 heteroatoms. The first-order valence-corrected chi connectivity index (χ1v) is 3.68. The Kier molecular flexibility index (Phi) is 1.21. The predicted octanol–water partition coefficient (Wildman–Crippen LogP) is 2.63. The largest absolute Gasteiger partial charge is 0.206 e. The highest BCUT2D eigenvalue weighted by molar-refractivity contribution is 5.90. The van der Waals surface area contributed by atoms with E-state index in [0.717, 1.165) is 5.69 Å². The molecule has 0 aromatic heterocycles. The summed E-state index contributed by atoms with van der Waals surface area (Å²) in [7, 11) is 0. The van der Waals surface area contributed by atoms with E-state index in [0.29, 0.717) is 0 Å². The molecule has 0 unspecified atom stereocenters. The monoisotopic (exact) mass is 143 g/mol. The second-order valence-electron chi connectivity index (χ2n) is 2.88. The van der Waals surface area contributed by atoms with Crippen molar-refractivity contribution in [2.24, 2.45) is 4.99 Å². The van der Waals surface area contributed by atoms with Crippen molar-refractivity contribution in [1.82, 2.24) is 0 Å². The molecule has 0 atom stereocenters. The van der Waals surface area contributed by atoms with Crippen LogP contribution in [0.25, 0.3) is 6.08 Å². The summed E-state index contributed by atoms with van der Waals surface area (Å²) in [5, 5.41) is 0. The maximum atomic E-state index is 4.10. The van der Waals surface area contributed by atoms with Gasteiger partial charge in [0.25, 0.3) is 0 Å². The van der Waals surface area contributed by atoms with Gasteiger partial charge in [-0.15, -0.1) is 0 Å². The van der Waals surface area contributed by atoms with Gasteiger partial charge in [0.05, 0.1) is 5.69 Å². The highest BCUT2D eigenvalue weighted by Crippen LogP contribution is 2.26. The molecule has 1 aromatic carbocycles. The van der Waals surface area contributed by atoms with Gasteiger partial charge in [-0.05, 0) is 43.0 Å². The van der Waals surface area contributed by atoms with Gasteiger partial charge >= 0.3 is 0 Å². The van der Waals surface area contributed by atoms with Gasteiger partial charge in [-0.25, -0.2) is 4.99 Å². The number of aliphatic imine (C=N–C) groups is 1. The molecule has 0 fully saturated rings. The number of fused-ring (bicyclic) bond motifs is 1. The molecule has 0 aliphatic carbocycles. The van der Waals surface area contributed by atoms with Crippen LogP contribution in [0.1, 0.15) is 16.7 Å². The van der Waals surface area contributed by atoms with Gasteiger partial charge in [0.1, 0.15) is 0 Å². The van der Waals surface area contributed by atoms with E-state index >= 15 is 0 Å². The molecule has 0 radical (unpaired) electrons. The number of nitrogens with zero attached hydrogens (tertiary/aromatic N) is 1. The molecule has 1 heterocycles. The SMILES string of the molecule is Cc1cc2c(cc1C)N=C=C2. The Bertz CT molecular complexity index is 336. The molecule has 0 spiro atoms. The van der Waals surface area contributed by atoms with Crippen LogP contribution in [-0.2, 0) is 0 Å². The summed E-state index contributed by atoms with van der Waals surface area (Å²) < 4.78 is 0. The molecule has 0 bridgehead atoms. The number of hydrogen-bond donors (Lipinski definition) is 0. The molecule has 1 nitrogen and oxygen atoms in total. The quantitative estimate of drug-likeness (QED) is 0.537. The standard InChI is InChI=1S/C10H9N/c1-7-5-9-3-4-11-10(9)6-8(7)2/h3,5-6H,1-2H3. The van der Waals surface area contributed by atoms with Crippen molar-refractivity contribution in [3.05, 3.63) is 28.8 Å². The summed E-state index contributed by atoms with van der Waals surface area (Å²) in [5.74, 6) is 2.84. The van der Waals surface area contributed by atoms with Crippen molar-refractivity contribution in [3.8, 4) is 0 Å². The molecule has 2 rings (SSSR count). The third kappa shape index (κ3) is 0.903. The molecule has 0 saturated carbocycles. The Labute approximate surface area is 66.1 Å². The highest BCUT2D eigenvalue weighted by atomic mass is 14.7. The molecule has 11 heavy (non-hydrogen) atoms. The lowest BCUT2D eigenvalue weighted by atomic mass is 10.1. The van der Waals surface area contributed by atoms with E-state index in [1.165, 1.54) is 16.7 Å². The molecule has 54 valence electrons. The lowest BCUT2D eigenvalue weighted by molar-refractivity contribution is 1.33. The number of hydrogen-bond acceptors (Lipinski definition) is 1. The fraction of sp³-hybridized carbons (Fsp3) is 0.200. The fourth-order valence-electron chi connectivity index (χ4n) is 1.21. The molecule has 1 aliphatic heterocycles. The van der Waals surface area contributed by atoms with Crippen LogP contribution in [0.4, 0.5) is 5.69 Å². The Balaban J connectivity index is 2.69. The molecule has 1 aromatic rings. The average Bonchev–Trinajstić information content (AvgIpc) is 2.36. The third-order valence-electron chi connectivity index (χ3n) is 2.05. The summed E-state index contributed by atoms with van der Waals surface area (Å²) in [6.07, 6.45) is 1.92. The topological polar surface area (TPSA) is 12.4 Å². The maximum Gasteiger partial charge on any atom is 0.0811 e. The third-order valence-corrected chi connectivity index (χ3v) is 2.05. The Morgan fingerprint density at radius 2 is 1.91 bits per heavy atom. The van der Waals surface area contributed by atoms with Crippen LogP contribution < -0.4 is 0 Å². The van der Waals surface area contributed by atoms with E-state index in [1.54, 1.807) is 0 Å². The number of aryl methyl sites for hydroxylation is 2. The number of benzene rings is 1. The summed E-state index contributed by atoms with van der Waals surface area (Å²) in [6.45, 7) is 4.21. The van der Waals surface area contributed by atoms with Crippen molar-refractivity contribution < 1.29 is 0 Å². The molecule has 1 aliphatic rings. The minimum Gasteiger partial charge on any atom is -0.206 e. The summed E-state index contributed by atoms with van der Waals surface area (Å²) >= 11 is 0. The average molecular weight is 143 g/mol. The van der Waals surface area contributed by atoms with E-state index in [-0.39, 0.29) is 0 Å². The minimum atomic E-state index is 1.05. The van der Waals surface area contributed by atoms with Gasteiger partial charge in [-0.3, -0.25) is 0 Å². The van der Waals surface area contributed by atoms with Gasteiger partial charge in [0.2, 0.25) is 0 Å². The molecule has 0 N–H and O–H groups in total. The molecule has 0 saturated heterocycles.